The van der Waals surface area contributed by atoms with E-state index in [1.165, 1.54) is 11.3 Å². The summed E-state index contributed by atoms with van der Waals surface area (Å²) in [6.45, 7) is 6.16. The fourth-order valence-electron chi connectivity index (χ4n) is 2.47. The van der Waals surface area contributed by atoms with Crippen LogP contribution in [0.2, 0.25) is 0 Å². The molecule has 1 aromatic heterocycles. The summed E-state index contributed by atoms with van der Waals surface area (Å²) in [5, 5.41) is 11.7. The van der Waals surface area contributed by atoms with Crippen LogP contribution in [0.5, 0.6) is 0 Å². The normalized spacial score (nSPS) is 18.8. The van der Waals surface area contributed by atoms with Crippen LogP contribution in [-0.2, 0) is 15.1 Å². The van der Waals surface area contributed by atoms with Crippen LogP contribution in [0.1, 0.15) is 45.0 Å². The van der Waals surface area contributed by atoms with E-state index in [1.54, 1.807) is 4.90 Å². The average Bonchev–Trinajstić information content (AvgIpc) is 3.05. The lowest BCUT2D eigenvalue weighted by Crippen LogP contribution is -2.51. The van der Waals surface area contributed by atoms with E-state index in [2.05, 4.69) is 15.5 Å². The van der Waals surface area contributed by atoms with Gasteiger partial charge in [0.2, 0.25) is 16.9 Å². The van der Waals surface area contributed by atoms with Gasteiger partial charge in [0.05, 0.1) is 5.54 Å². The Morgan fingerprint density at radius 2 is 2.19 bits per heavy atom. The molecule has 0 saturated carbocycles. The van der Waals surface area contributed by atoms with Gasteiger partial charge in [0.15, 0.2) is 0 Å². The van der Waals surface area contributed by atoms with Crippen molar-refractivity contribution < 1.29 is 9.59 Å². The molecule has 0 spiro atoms. The highest BCUT2D eigenvalue weighted by Gasteiger charge is 2.36. The first-order chi connectivity index (χ1) is 9.85. The van der Waals surface area contributed by atoms with Gasteiger partial charge in [-0.25, -0.2) is 0 Å². The number of aromatic nitrogens is 2. The lowest BCUT2D eigenvalue weighted by atomic mass is 10.1. The van der Waals surface area contributed by atoms with E-state index < -0.39 is 5.54 Å². The lowest BCUT2D eigenvalue weighted by molar-refractivity contribution is -0.139. The summed E-state index contributed by atoms with van der Waals surface area (Å²) in [5.41, 5.74) is 4.93. The van der Waals surface area contributed by atoms with Gasteiger partial charge < -0.3 is 16.0 Å². The van der Waals surface area contributed by atoms with Gasteiger partial charge in [-0.05, 0) is 26.7 Å². The Morgan fingerprint density at radius 3 is 2.76 bits per heavy atom. The van der Waals surface area contributed by atoms with Gasteiger partial charge in [-0.15, -0.1) is 10.2 Å². The highest BCUT2D eigenvalue weighted by Crippen LogP contribution is 2.26. The molecule has 1 fully saturated rings. The Morgan fingerprint density at radius 1 is 1.48 bits per heavy atom. The maximum absolute atomic E-state index is 12.5. The van der Waals surface area contributed by atoms with E-state index in [1.807, 2.05) is 20.8 Å². The van der Waals surface area contributed by atoms with Crippen LogP contribution in [0.3, 0.4) is 0 Å². The molecule has 0 radical (unpaired) electrons. The number of carbonyl (C=O) groups excluding carboxylic acids is 2. The Hall–Kier alpha value is -1.70. The van der Waals surface area contributed by atoms with Crippen LogP contribution in [-0.4, -0.2) is 39.5 Å². The minimum atomic E-state index is -0.657. The number of nitrogens with one attached hydrogen (secondary N) is 1. The van der Waals surface area contributed by atoms with Gasteiger partial charge in [-0.2, -0.15) is 0 Å². The van der Waals surface area contributed by atoms with Gasteiger partial charge in [0.25, 0.3) is 0 Å². The molecule has 1 aliphatic heterocycles. The van der Waals surface area contributed by atoms with E-state index in [9.17, 15) is 9.59 Å². The van der Waals surface area contributed by atoms with Crippen LogP contribution >= 0.6 is 11.3 Å². The van der Waals surface area contributed by atoms with Crippen LogP contribution < -0.4 is 11.1 Å². The molecule has 1 aliphatic rings. The molecule has 1 atom stereocenters. The fourth-order valence-corrected chi connectivity index (χ4v) is 3.14. The quantitative estimate of drug-likeness (QED) is 0.859. The van der Waals surface area contributed by atoms with E-state index in [4.69, 9.17) is 5.73 Å². The molecule has 0 aliphatic carbocycles. The van der Waals surface area contributed by atoms with Crippen molar-refractivity contribution in [2.45, 2.75) is 51.6 Å². The summed E-state index contributed by atoms with van der Waals surface area (Å²) < 4.78 is 0. The van der Waals surface area contributed by atoms with E-state index in [0.29, 0.717) is 29.5 Å². The third kappa shape index (κ3) is 3.31. The number of nitrogens with two attached hydrogens (primary N) is 1. The number of carbonyl (C=O) groups is 2. The summed E-state index contributed by atoms with van der Waals surface area (Å²) in [7, 11) is 0. The maximum Gasteiger partial charge on any atom is 0.243 e. The SMILES string of the molecule is CCC(=O)N1CCC[C@H]1C(=O)NC(C)(C)c1nnc(N)s1. The third-order valence-electron chi connectivity index (χ3n) is 3.59. The second-order valence-electron chi connectivity index (χ2n) is 5.66. The van der Waals surface area contributed by atoms with Crippen molar-refractivity contribution in [3.63, 3.8) is 0 Å². The van der Waals surface area contributed by atoms with Crippen molar-refractivity contribution in [3.8, 4) is 0 Å². The summed E-state index contributed by atoms with van der Waals surface area (Å²) in [6, 6.07) is -0.387. The van der Waals surface area contributed by atoms with Gasteiger partial charge in [0, 0.05) is 13.0 Å². The lowest BCUT2D eigenvalue weighted by Gasteiger charge is -2.29. The van der Waals surface area contributed by atoms with Crippen molar-refractivity contribution in [3.05, 3.63) is 5.01 Å². The average molecular weight is 311 g/mol. The maximum atomic E-state index is 12.5. The summed E-state index contributed by atoms with van der Waals surface area (Å²) in [4.78, 5) is 26.0. The number of anilines is 1. The van der Waals surface area contributed by atoms with Crippen molar-refractivity contribution in [1.82, 2.24) is 20.4 Å². The molecule has 0 unspecified atom stereocenters. The Bertz CT molecular complexity index is 542. The summed E-state index contributed by atoms with van der Waals surface area (Å²) in [6.07, 6.45) is 1.97. The number of nitrogens with zero attached hydrogens (tertiary/aromatic N) is 3. The second-order valence-corrected chi connectivity index (χ2v) is 6.67. The molecular formula is C13H21N5O2S. The van der Waals surface area contributed by atoms with Crippen molar-refractivity contribution in [1.29, 1.82) is 0 Å². The van der Waals surface area contributed by atoms with Gasteiger partial charge >= 0.3 is 0 Å². The minimum absolute atomic E-state index is 0.0191. The standard InChI is InChI=1S/C13H21N5O2S/c1-4-9(19)18-7-5-6-8(18)10(20)15-13(2,3)11-16-17-12(14)21-11/h8H,4-7H2,1-3H3,(H2,14,17)(H,15,20)/t8-/m0/s1. The first-order valence-electron chi connectivity index (χ1n) is 7.06. The zero-order valence-corrected chi connectivity index (χ0v) is 13.4. The second kappa shape index (κ2) is 5.97. The summed E-state index contributed by atoms with van der Waals surface area (Å²) >= 11 is 1.25. The molecule has 7 nitrogen and oxygen atoms in total. The van der Waals surface area contributed by atoms with Crippen molar-refractivity contribution in [2.24, 2.45) is 0 Å². The smallest absolute Gasteiger partial charge is 0.243 e. The highest BCUT2D eigenvalue weighted by molar-refractivity contribution is 7.15. The van der Waals surface area contributed by atoms with Gasteiger partial charge in [-0.3, -0.25) is 9.59 Å². The molecule has 116 valence electrons. The van der Waals surface area contributed by atoms with Crippen molar-refractivity contribution in [2.75, 3.05) is 12.3 Å². The van der Waals surface area contributed by atoms with Crippen LogP contribution in [0.4, 0.5) is 5.13 Å². The number of rotatable bonds is 4. The fraction of sp³-hybridized carbons (Fsp3) is 0.692. The zero-order valence-electron chi connectivity index (χ0n) is 12.5. The van der Waals surface area contributed by atoms with E-state index in [-0.39, 0.29) is 17.9 Å². The molecular weight excluding hydrogens is 290 g/mol. The van der Waals surface area contributed by atoms with Crippen LogP contribution in [0.15, 0.2) is 0 Å². The molecule has 1 aromatic rings. The first kappa shape index (κ1) is 15.7. The number of likely N-dealkylation sites (tertiary alicyclic amines) is 1. The highest BCUT2D eigenvalue weighted by atomic mass is 32.1. The predicted molar refractivity (Wildman–Crippen MR) is 80.5 cm³/mol. The van der Waals surface area contributed by atoms with E-state index in [0.717, 1.165) is 6.42 Å². The monoisotopic (exact) mass is 311 g/mol. The van der Waals surface area contributed by atoms with Crippen LogP contribution in [0.25, 0.3) is 0 Å². The number of hydrogen-bond acceptors (Lipinski definition) is 6. The number of nitrogen functional groups attached to an aromatic ring is 1. The van der Waals surface area contributed by atoms with Crippen molar-refractivity contribution >= 4 is 28.3 Å². The predicted octanol–water partition coefficient (Wildman–Crippen LogP) is 0.873. The molecule has 2 amide bonds. The molecule has 2 rings (SSSR count). The number of amides is 2. The summed E-state index contributed by atoms with van der Waals surface area (Å²) in [5.74, 6) is -0.126. The molecule has 0 bridgehead atoms. The Labute approximate surface area is 127 Å². The molecule has 21 heavy (non-hydrogen) atoms. The molecule has 2 heterocycles. The molecule has 1 saturated heterocycles. The van der Waals surface area contributed by atoms with Gasteiger partial charge in [0.1, 0.15) is 11.0 Å². The van der Waals surface area contributed by atoms with Gasteiger partial charge in [-0.1, -0.05) is 18.3 Å². The Balaban J connectivity index is 2.08. The molecule has 8 heteroatoms. The topological polar surface area (TPSA) is 101 Å². The first-order valence-corrected chi connectivity index (χ1v) is 7.87. The largest absolute Gasteiger partial charge is 0.374 e. The molecule has 3 N–H and O–H groups in total. The molecule has 0 aromatic carbocycles. The number of hydrogen-bond donors (Lipinski definition) is 2. The minimum Gasteiger partial charge on any atom is -0.374 e. The Kier molecular flexibility index (Phi) is 4.46. The third-order valence-corrected chi connectivity index (χ3v) is 4.67. The van der Waals surface area contributed by atoms with Crippen LogP contribution in [0, 0.1) is 0 Å². The van der Waals surface area contributed by atoms with E-state index >= 15 is 0 Å². The zero-order chi connectivity index (χ0) is 15.6.